The Morgan fingerprint density at radius 3 is 1.41 bits per heavy atom. The van der Waals surface area contributed by atoms with E-state index in [1.807, 2.05) is 97.1 Å². The van der Waals surface area contributed by atoms with E-state index < -0.39 is 59.4 Å². The van der Waals surface area contributed by atoms with Gasteiger partial charge in [-0.25, -0.2) is 34.3 Å². The first-order chi connectivity index (χ1) is 62.2. The number of nitriles is 1. The molecule has 5 heterocycles. The van der Waals surface area contributed by atoms with Gasteiger partial charge in [0.2, 0.25) is 17.1 Å². The van der Waals surface area contributed by atoms with Crippen molar-refractivity contribution < 1.29 is 117 Å². The van der Waals surface area contributed by atoms with Crippen LogP contribution >= 0.6 is 11.6 Å². The molecule has 11 rings (SSSR count). The number of nitrogens with zero attached hydrogens (tertiary/aromatic N) is 10. The molecular weight excluding hydrogens is 1760 g/mol. The van der Waals surface area contributed by atoms with E-state index in [0.29, 0.717) is 85.1 Å². The van der Waals surface area contributed by atoms with Gasteiger partial charge in [-0.3, -0.25) is 24.0 Å². The number of likely N-dealkylation sites (N-methyl/N-ethyl adjacent to an activating group) is 1. The first kappa shape index (κ1) is 115. The number of nitrogens with two attached hydrogens (primary N) is 3. The molecule has 0 saturated carbocycles. The number of phenolic OH excluding ortho intramolecular Hbond substituents is 1. The number of phenols is 1. The number of ether oxygens (including phenoxy) is 7. The summed E-state index contributed by atoms with van der Waals surface area (Å²) < 4.78 is 38.5. The summed E-state index contributed by atoms with van der Waals surface area (Å²) in [5, 5.41) is 30.1. The molecule has 135 heavy (non-hydrogen) atoms. The number of carbonyl (C=O) groups is 8. The van der Waals surface area contributed by atoms with Gasteiger partial charge in [0.1, 0.15) is 53.8 Å². The first-order valence-electron chi connectivity index (χ1n) is 42.9. The second-order valence-electron chi connectivity index (χ2n) is 35.4. The fourth-order valence-electron chi connectivity index (χ4n) is 13.5. The Morgan fingerprint density at radius 1 is 0.570 bits per heavy atom. The molecule has 34 heteroatoms. The van der Waals surface area contributed by atoms with Crippen LogP contribution in [-0.4, -0.2) is 168 Å². The first-order valence-corrected chi connectivity index (χ1v) is 43.3. The number of amides is 2. The molecule has 0 saturated heterocycles. The molecule has 0 radical (unpaired) electrons. The minimum absolute atomic E-state index is 0. The van der Waals surface area contributed by atoms with E-state index in [1.54, 1.807) is 77.1 Å². The Kier molecular flexibility index (Phi) is 45.0. The third-order valence-electron chi connectivity index (χ3n) is 21.0. The largest absolute Gasteiger partial charge is 1.00 e. The van der Waals surface area contributed by atoms with Crippen LogP contribution in [-0.2, 0) is 56.7 Å². The van der Waals surface area contributed by atoms with Gasteiger partial charge in [0.25, 0.3) is 0 Å². The second kappa shape index (κ2) is 52.9. The normalized spacial score (nSPS) is 13.6. The number of halogens is 1. The van der Waals surface area contributed by atoms with Crippen LogP contribution in [0.3, 0.4) is 0 Å². The average Bonchev–Trinajstić information content (AvgIpc) is 0.771. The van der Waals surface area contributed by atoms with E-state index >= 15 is 0 Å². The van der Waals surface area contributed by atoms with Crippen molar-refractivity contribution in [3.8, 4) is 69.7 Å². The van der Waals surface area contributed by atoms with Crippen LogP contribution in [0.5, 0.6) is 52.5 Å². The maximum atomic E-state index is 14.8. The number of aromatic carboxylic acids is 1. The Balaban J connectivity index is 0.000000447. The Morgan fingerprint density at radius 2 is 0.993 bits per heavy atom. The molecule has 4 bridgehead atoms. The quantitative estimate of drug-likeness (QED) is 0.0134. The standard InChI is InChI=1S/C51H64N8O8.C17H20N2O3.C16H18N2O3.C10H14O.C6H5ClN2O2.CH4.Na.H2O/c1-30-25-43(62)47(59(7)49(64)35(18-20-53)29-42(61)46-31(2)56-50(57-32(46)3)67-37-14-12-36(13-15-37)51(4,5)6)34-11-17-45(66-24-22-55)39(28-34)38-26-33(10-16-44(38)65-23-21-54)27-40(58-48(30)63)41(60)9-8-19-52;1-11-14(15(20)21-5)10-18-16(19-11)22-13-8-6-12(7-9-13)17(2,3)4;1-10-13(14(19)20)9-17-15(18-10)21-12-7-5-11(6-8-12)16(2,3)4;1-10(2,3)8-4-6-9(11)7-5-8;1-11-5(10)4-2-8-6(7)9-3-4;;;/h10-17,26,28,30,35,40,47H,8-9,18,20-25,27,29,53-55H2,1-7H3,(H,58,63);6-10H,1-5H3;5-9H,1-4H3,(H,19,20);4-7,11H,1-3H3;2-3H,1H3;1H4;;1H2/q;;;;;;+1;/p-1/t30-,35-,40+,47+;;;;;;;/m1......./s1. The molecule has 1 aliphatic heterocycles. The number of hydrogen-bond donors (Lipinski definition) is 6. The van der Waals surface area contributed by atoms with E-state index in [4.69, 9.17) is 62.7 Å². The van der Waals surface area contributed by atoms with Crippen molar-refractivity contribution in [2.24, 2.45) is 29.0 Å². The molecule has 2 amide bonds. The van der Waals surface area contributed by atoms with Gasteiger partial charge in [-0.2, -0.15) is 25.2 Å². The topological polar surface area (TPSA) is 492 Å². The number of aromatic nitrogens is 8. The van der Waals surface area contributed by atoms with E-state index in [9.17, 15) is 43.6 Å². The number of nitrogens with one attached hydrogen (secondary N) is 1. The van der Waals surface area contributed by atoms with Gasteiger partial charge in [0.05, 0.1) is 71.4 Å². The summed E-state index contributed by atoms with van der Waals surface area (Å²) in [4.78, 5) is 138. The van der Waals surface area contributed by atoms with Crippen LogP contribution in [0.15, 0.2) is 158 Å². The summed E-state index contributed by atoms with van der Waals surface area (Å²) in [6, 6.07) is 41.1. The monoisotopic (exact) mass is 1880 g/mol. The number of aromatic hydroxyl groups is 1. The van der Waals surface area contributed by atoms with Crippen molar-refractivity contribution in [1.82, 2.24) is 50.1 Å². The van der Waals surface area contributed by atoms with Gasteiger partial charge in [0.15, 0.2) is 17.3 Å². The molecule has 10 N–H and O–H groups in total. The number of carbonyl (C=O) groups excluding carboxylic acids is 7. The number of methoxy groups -OCH3 is 2. The molecule has 32 nitrogen and oxygen atoms in total. The van der Waals surface area contributed by atoms with Gasteiger partial charge in [-0.15, -0.1) is 0 Å². The number of benzene rings is 6. The number of fused-ring (bicyclic) bond motifs is 5. The molecule has 6 aromatic carbocycles. The SMILES string of the molecule is C.CC(C)(C)c1ccc(O)cc1.COC(=O)c1cnc(Cl)nc1.COC(=O)c1cnc(Oc2ccc(C(C)(C)C)cc2)nc1C.Cc1nc(Oc2ccc(C(C)(C)C)cc2)nc(C)c1C(=O)C[C@@H](CCN)C(=O)N(C)[C@@H]1C(=O)C[C@@H](C)C(=O)N[C@H](C(=O)CCC#N)Cc2ccc(OCCN)c(c2)-c2cc1ccc2OCCN.Cc1nc(Oc2ccc(C(C)(C)C)cc2)ncc1C(=O)O.[Na+].[OH-]. The Labute approximate surface area is 817 Å². The fraction of sp³-hybridized carbons (Fsp3) is 0.396. The van der Waals surface area contributed by atoms with Crippen molar-refractivity contribution in [2.75, 3.05) is 54.1 Å². The van der Waals surface area contributed by atoms with Crippen molar-refractivity contribution in [1.29, 1.82) is 5.26 Å². The summed E-state index contributed by atoms with van der Waals surface area (Å²) in [5.74, 6) is -3.15. The van der Waals surface area contributed by atoms with Crippen molar-refractivity contribution in [3.05, 3.63) is 242 Å². The Hall–Kier alpha value is -12.6. The van der Waals surface area contributed by atoms with Gasteiger partial charge in [-0.05, 0) is 187 Å². The molecule has 0 aliphatic carbocycles. The van der Waals surface area contributed by atoms with Gasteiger partial charge >= 0.3 is 65.5 Å². The average molecular weight is 1880 g/mol. The van der Waals surface area contributed by atoms with Crippen molar-refractivity contribution in [3.63, 3.8) is 0 Å². The van der Waals surface area contributed by atoms with E-state index in [1.165, 1.54) is 67.6 Å². The number of ketones is 3. The number of aryl methyl sites for hydroxylation is 4. The second-order valence-corrected chi connectivity index (χ2v) is 35.7. The van der Waals surface area contributed by atoms with Crippen LogP contribution in [0, 0.1) is 50.9 Å². The van der Waals surface area contributed by atoms with E-state index in [2.05, 4.69) is 138 Å². The Bertz CT molecular complexity index is 5660. The van der Waals surface area contributed by atoms with E-state index in [-0.39, 0.29) is 187 Å². The maximum Gasteiger partial charge on any atom is 1.00 e. The molecule has 716 valence electrons. The molecule has 10 aromatic rings. The zero-order valence-corrected chi connectivity index (χ0v) is 82.9. The molecule has 0 spiro atoms. The number of carboxylic acid groups (broad SMARTS) is 1. The third kappa shape index (κ3) is 34.4. The summed E-state index contributed by atoms with van der Waals surface area (Å²) >= 11 is 5.39. The van der Waals surface area contributed by atoms with Crippen LogP contribution in [0.2, 0.25) is 5.28 Å². The zero-order chi connectivity index (χ0) is 97.7. The predicted octanol–water partition coefficient (Wildman–Crippen LogP) is 14.1. The fourth-order valence-corrected chi connectivity index (χ4v) is 13.6. The van der Waals surface area contributed by atoms with Crippen LogP contribution in [0.1, 0.15) is 233 Å². The molecule has 4 aromatic heterocycles. The van der Waals surface area contributed by atoms with Gasteiger partial charge in [0, 0.05) is 93.6 Å². The number of esters is 2. The van der Waals surface area contributed by atoms with Crippen molar-refractivity contribution >= 4 is 58.7 Å². The molecule has 4 atom stereocenters. The van der Waals surface area contributed by atoms with Gasteiger partial charge < -0.3 is 76.3 Å². The minimum Gasteiger partial charge on any atom is -0.870 e. The van der Waals surface area contributed by atoms with Gasteiger partial charge in [-0.1, -0.05) is 158 Å². The van der Waals surface area contributed by atoms with Crippen LogP contribution < -0.4 is 75.8 Å². The van der Waals surface area contributed by atoms with E-state index in [0.717, 1.165) is 5.56 Å². The zero-order valence-electron chi connectivity index (χ0n) is 80.1. The summed E-state index contributed by atoms with van der Waals surface area (Å²) in [6.45, 7) is 34.8. The summed E-state index contributed by atoms with van der Waals surface area (Å²) in [5.41, 5.74) is 27.6. The van der Waals surface area contributed by atoms with Crippen LogP contribution in [0.4, 0.5) is 0 Å². The summed E-state index contributed by atoms with van der Waals surface area (Å²) in [7, 11) is 4.10. The molecular formula is C101H126ClN14NaO18. The molecule has 0 fully saturated rings. The molecule has 0 unspecified atom stereocenters. The number of carboxylic acids is 1. The number of hydrogen-bond acceptors (Lipinski definition) is 29. The van der Waals surface area contributed by atoms with Crippen LogP contribution in [0.25, 0.3) is 11.1 Å². The number of Topliss-reactive ketones (excluding diaryl/α,β-unsaturated/α-hetero) is 3. The minimum atomic E-state index is -1.26. The third-order valence-corrected chi connectivity index (χ3v) is 21.2. The smallest absolute Gasteiger partial charge is 0.870 e. The summed E-state index contributed by atoms with van der Waals surface area (Å²) in [6.07, 6.45) is 4.80. The maximum absolute atomic E-state index is 14.8. The molecule has 1 aliphatic rings. The predicted molar refractivity (Wildman–Crippen MR) is 510 cm³/mol. The van der Waals surface area contributed by atoms with Crippen molar-refractivity contribution in [2.45, 2.75) is 197 Å². The number of rotatable bonds is 25.